The number of benzene rings is 1. The monoisotopic (exact) mass is 522 g/mol. The van der Waals surface area contributed by atoms with E-state index in [9.17, 15) is 0 Å². The summed E-state index contributed by atoms with van der Waals surface area (Å²) in [6.07, 6.45) is 13.3. The summed E-state index contributed by atoms with van der Waals surface area (Å²) in [6, 6.07) is 18.6. The highest BCUT2D eigenvalue weighted by atomic mass is 32.1. The van der Waals surface area contributed by atoms with Crippen LogP contribution in [-0.2, 0) is 12.8 Å². The zero-order chi connectivity index (χ0) is 25.9. The standard InChI is InChI=1S/C34H50S2/c1-25(2)10-7-12-27(5)16-18-31-20-22-33(35-31)29-14-9-15-30(24-29)34-23-21-32(36-34)19-17-28(6)13-8-11-26(3)4/h9,14-15,20-28H,7-8,10-13,16-19H2,1-6H3. The van der Waals surface area contributed by atoms with Crippen LogP contribution in [0, 0.1) is 23.7 Å². The van der Waals surface area contributed by atoms with Crippen LogP contribution in [0.1, 0.15) is 103 Å². The lowest BCUT2D eigenvalue weighted by molar-refractivity contribution is 0.437. The number of hydrogen-bond donors (Lipinski definition) is 0. The van der Waals surface area contributed by atoms with Crippen LogP contribution in [0.5, 0.6) is 0 Å². The summed E-state index contributed by atoms with van der Waals surface area (Å²) in [5, 5.41) is 0. The van der Waals surface area contributed by atoms with Gasteiger partial charge in [-0.05, 0) is 90.8 Å². The van der Waals surface area contributed by atoms with Crippen LogP contribution in [0.3, 0.4) is 0 Å². The average molecular weight is 523 g/mol. The quantitative estimate of drug-likeness (QED) is 0.175. The van der Waals surface area contributed by atoms with Gasteiger partial charge in [-0.2, -0.15) is 0 Å². The van der Waals surface area contributed by atoms with Gasteiger partial charge in [0.05, 0.1) is 0 Å². The minimum Gasteiger partial charge on any atom is -0.140 e. The third-order valence-electron chi connectivity index (χ3n) is 7.48. The highest BCUT2D eigenvalue weighted by Gasteiger charge is 2.10. The van der Waals surface area contributed by atoms with Crippen LogP contribution in [0.4, 0.5) is 0 Å². The largest absolute Gasteiger partial charge is 0.140 e. The molecule has 3 rings (SSSR count). The molecule has 0 bridgehead atoms. The van der Waals surface area contributed by atoms with Gasteiger partial charge >= 0.3 is 0 Å². The molecule has 2 unspecified atom stereocenters. The second-order valence-corrected chi connectivity index (χ2v) is 14.4. The third-order valence-corrected chi connectivity index (χ3v) is 9.87. The highest BCUT2D eigenvalue weighted by Crippen LogP contribution is 2.35. The van der Waals surface area contributed by atoms with E-state index >= 15 is 0 Å². The lowest BCUT2D eigenvalue weighted by atomic mass is 9.96. The van der Waals surface area contributed by atoms with Crippen molar-refractivity contribution in [2.75, 3.05) is 0 Å². The SMILES string of the molecule is CC(C)CCCC(C)CCc1ccc(-c2cccc(-c3ccc(CCC(C)CCCC(C)C)s3)c2)s1. The number of thiophene rings is 2. The zero-order valence-corrected chi connectivity index (χ0v) is 25.4. The van der Waals surface area contributed by atoms with Crippen molar-refractivity contribution in [3.8, 4) is 20.9 Å². The molecule has 0 spiro atoms. The van der Waals surface area contributed by atoms with Gasteiger partial charge in [-0.25, -0.2) is 0 Å². The molecule has 0 N–H and O–H groups in total. The van der Waals surface area contributed by atoms with E-state index in [0.29, 0.717) is 0 Å². The first-order chi connectivity index (χ1) is 17.3. The summed E-state index contributed by atoms with van der Waals surface area (Å²) in [7, 11) is 0. The maximum absolute atomic E-state index is 2.43. The molecule has 0 aliphatic heterocycles. The Bertz CT molecular complexity index is 928. The maximum Gasteiger partial charge on any atom is 0.0345 e. The van der Waals surface area contributed by atoms with Crippen LogP contribution in [-0.4, -0.2) is 0 Å². The van der Waals surface area contributed by atoms with E-state index in [4.69, 9.17) is 0 Å². The predicted octanol–water partition coefficient (Wildman–Crippen LogP) is 11.9. The summed E-state index contributed by atoms with van der Waals surface area (Å²) in [5.41, 5.74) is 2.73. The van der Waals surface area contributed by atoms with E-state index < -0.39 is 0 Å². The second kappa shape index (κ2) is 15.1. The Kier molecular flexibility index (Phi) is 12.3. The molecular weight excluding hydrogens is 473 g/mol. The molecule has 0 saturated carbocycles. The summed E-state index contributed by atoms with van der Waals surface area (Å²) < 4.78 is 0. The molecule has 0 nitrogen and oxygen atoms in total. The Hall–Kier alpha value is -1.38. The molecule has 3 aromatic rings. The number of aryl methyl sites for hydroxylation is 2. The summed E-state index contributed by atoms with van der Waals surface area (Å²) in [5.74, 6) is 3.32. The molecule has 0 saturated heterocycles. The van der Waals surface area contributed by atoms with Gasteiger partial charge in [-0.15, -0.1) is 22.7 Å². The van der Waals surface area contributed by atoms with E-state index in [-0.39, 0.29) is 0 Å². The van der Waals surface area contributed by atoms with Crippen LogP contribution in [0.15, 0.2) is 48.5 Å². The van der Waals surface area contributed by atoms with Gasteiger partial charge in [0, 0.05) is 19.5 Å². The molecular formula is C34H50S2. The molecule has 198 valence electrons. The molecule has 0 aliphatic rings. The topological polar surface area (TPSA) is 0 Å². The smallest absolute Gasteiger partial charge is 0.0345 e. The molecule has 1 aromatic carbocycles. The zero-order valence-electron chi connectivity index (χ0n) is 23.8. The van der Waals surface area contributed by atoms with Crippen molar-refractivity contribution < 1.29 is 0 Å². The predicted molar refractivity (Wildman–Crippen MR) is 165 cm³/mol. The Morgan fingerprint density at radius 3 is 1.39 bits per heavy atom. The van der Waals surface area contributed by atoms with Crippen LogP contribution >= 0.6 is 22.7 Å². The fraction of sp³-hybridized carbons (Fsp3) is 0.588. The van der Waals surface area contributed by atoms with Gasteiger partial charge in [0.2, 0.25) is 0 Å². The van der Waals surface area contributed by atoms with E-state index in [2.05, 4.69) is 90.1 Å². The lowest BCUT2D eigenvalue weighted by Crippen LogP contribution is -1.98. The molecule has 0 aliphatic carbocycles. The Balaban J connectivity index is 1.51. The van der Waals surface area contributed by atoms with E-state index in [1.54, 1.807) is 0 Å². The minimum absolute atomic E-state index is 0.827. The van der Waals surface area contributed by atoms with Gasteiger partial charge in [0.25, 0.3) is 0 Å². The van der Waals surface area contributed by atoms with Crippen molar-refractivity contribution in [3.63, 3.8) is 0 Å². The van der Waals surface area contributed by atoms with E-state index in [0.717, 1.165) is 23.7 Å². The lowest BCUT2D eigenvalue weighted by Gasteiger charge is -2.11. The minimum atomic E-state index is 0.827. The van der Waals surface area contributed by atoms with Crippen LogP contribution in [0.2, 0.25) is 0 Å². The van der Waals surface area contributed by atoms with Crippen LogP contribution < -0.4 is 0 Å². The van der Waals surface area contributed by atoms with Crippen molar-refractivity contribution in [3.05, 3.63) is 58.3 Å². The Labute approximate surface area is 230 Å². The average Bonchev–Trinajstić information content (AvgIpc) is 3.51. The van der Waals surface area contributed by atoms with Gasteiger partial charge in [-0.1, -0.05) is 98.3 Å². The third kappa shape index (κ3) is 10.2. The van der Waals surface area contributed by atoms with Crippen molar-refractivity contribution in [1.29, 1.82) is 0 Å². The Morgan fingerprint density at radius 2 is 0.972 bits per heavy atom. The van der Waals surface area contributed by atoms with E-state index in [1.807, 2.05) is 22.7 Å². The fourth-order valence-corrected chi connectivity index (χ4v) is 7.01. The first-order valence-corrected chi connectivity index (χ1v) is 16.2. The molecule has 2 heterocycles. The molecule has 2 heteroatoms. The summed E-state index contributed by atoms with van der Waals surface area (Å²) >= 11 is 3.98. The second-order valence-electron chi connectivity index (χ2n) is 12.0. The van der Waals surface area contributed by atoms with Crippen molar-refractivity contribution >= 4 is 22.7 Å². The van der Waals surface area contributed by atoms with Crippen molar-refractivity contribution in [2.45, 2.75) is 106 Å². The molecule has 0 radical (unpaired) electrons. The van der Waals surface area contributed by atoms with Crippen molar-refractivity contribution in [2.24, 2.45) is 23.7 Å². The summed E-state index contributed by atoms with van der Waals surface area (Å²) in [6.45, 7) is 14.2. The van der Waals surface area contributed by atoms with Crippen molar-refractivity contribution in [1.82, 2.24) is 0 Å². The maximum atomic E-state index is 2.43. The van der Waals surface area contributed by atoms with Gasteiger partial charge in [0.1, 0.15) is 0 Å². The van der Waals surface area contributed by atoms with E-state index in [1.165, 1.54) is 94.8 Å². The molecule has 36 heavy (non-hydrogen) atoms. The molecule has 2 aromatic heterocycles. The Morgan fingerprint density at radius 1 is 0.528 bits per heavy atom. The van der Waals surface area contributed by atoms with Gasteiger partial charge < -0.3 is 0 Å². The van der Waals surface area contributed by atoms with Gasteiger partial charge in [-0.3, -0.25) is 0 Å². The molecule has 0 amide bonds. The molecule has 0 fully saturated rings. The molecule has 2 atom stereocenters. The van der Waals surface area contributed by atoms with Crippen LogP contribution in [0.25, 0.3) is 20.9 Å². The first-order valence-electron chi connectivity index (χ1n) is 14.6. The van der Waals surface area contributed by atoms with Gasteiger partial charge in [0.15, 0.2) is 0 Å². The highest BCUT2D eigenvalue weighted by molar-refractivity contribution is 7.16. The normalized spacial score (nSPS) is 13.6. The number of hydrogen-bond acceptors (Lipinski definition) is 2. The summed E-state index contributed by atoms with van der Waals surface area (Å²) in [4.78, 5) is 5.89. The fourth-order valence-electron chi connectivity index (χ4n) is 4.98. The number of rotatable bonds is 16. The first kappa shape index (κ1) is 29.2.